The van der Waals surface area contributed by atoms with Crippen LogP contribution in [-0.2, 0) is 9.53 Å². The Bertz CT molecular complexity index is 458. The molecule has 0 saturated carbocycles. The van der Waals surface area contributed by atoms with E-state index >= 15 is 0 Å². The maximum Gasteiger partial charge on any atom is 0.384 e. The lowest BCUT2D eigenvalue weighted by molar-refractivity contribution is -0.133. The minimum atomic E-state index is -0.659. The third kappa shape index (κ3) is 2.71. The number of esters is 1. The second kappa shape index (κ2) is 4.81. The van der Waals surface area contributed by atoms with Gasteiger partial charge in [0, 0.05) is 17.0 Å². The molecule has 78 valence electrons. The zero-order valence-corrected chi connectivity index (χ0v) is 8.98. The van der Waals surface area contributed by atoms with Crippen molar-refractivity contribution in [1.29, 1.82) is 0 Å². The molecule has 0 N–H and O–H groups in total. The van der Waals surface area contributed by atoms with E-state index in [4.69, 9.17) is 11.6 Å². The SMILES string of the molecule is COC(=O)C#Cc1ccc(F)c(C)c1Cl. The molecule has 4 heteroatoms. The van der Waals surface area contributed by atoms with E-state index in [-0.39, 0.29) is 5.02 Å². The van der Waals surface area contributed by atoms with Crippen LogP contribution in [0.25, 0.3) is 0 Å². The summed E-state index contributed by atoms with van der Waals surface area (Å²) < 4.78 is 17.3. The Labute approximate surface area is 92.0 Å². The van der Waals surface area contributed by atoms with Gasteiger partial charge in [0.05, 0.1) is 12.1 Å². The Morgan fingerprint density at radius 2 is 2.20 bits per heavy atom. The van der Waals surface area contributed by atoms with Crippen LogP contribution in [0.5, 0.6) is 0 Å². The molecule has 0 aliphatic rings. The van der Waals surface area contributed by atoms with Gasteiger partial charge >= 0.3 is 5.97 Å². The first-order chi connectivity index (χ1) is 7.06. The molecule has 0 amide bonds. The van der Waals surface area contributed by atoms with E-state index in [0.29, 0.717) is 11.1 Å². The van der Waals surface area contributed by atoms with E-state index in [0.717, 1.165) is 0 Å². The first kappa shape index (κ1) is 11.5. The molecule has 0 heterocycles. The number of benzene rings is 1. The smallest absolute Gasteiger partial charge is 0.384 e. The molecule has 2 nitrogen and oxygen atoms in total. The molecular formula is C11H8ClFO2. The van der Waals surface area contributed by atoms with Gasteiger partial charge in [0.2, 0.25) is 0 Å². The highest BCUT2D eigenvalue weighted by molar-refractivity contribution is 6.32. The molecule has 0 aliphatic carbocycles. The van der Waals surface area contributed by atoms with Gasteiger partial charge in [-0.3, -0.25) is 0 Å². The largest absolute Gasteiger partial charge is 0.459 e. The summed E-state index contributed by atoms with van der Waals surface area (Å²) in [5.74, 6) is 3.67. The molecule has 0 radical (unpaired) electrons. The minimum absolute atomic E-state index is 0.214. The van der Waals surface area contributed by atoms with Crippen LogP contribution in [0.2, 0.25) is 5.02 Å². The number of methoxy groups -OCH3 is 1. The van der Waals surface area contributed by atoms with E-state index in [9.17, 15) is 9.18 Å². The van der Waals surface area contributed by atoms with Crippen molar-refractivity contribution in [3.05, 3.63) is 34.1 Å². The van der Waals surface area contributed by atoms with Crippen LogP contribution in [0.4, 0.5) is 4.39 Å². The van der Waals surface area contributed by atoms with Crippen LogP contribution in [0, 0.1) is 24.6 Å². The second-order valence-electron chi connectivity index (χ2n) is 2.78. The van der Waals surface area contributed by atoms with Crippen molar-refractivity contribution in [2.45, 2.75) is 6.92 Å². The summed E-state index contributed by atoms with van der Waals surface area (Å²) in [6.07, 6.45) is 0. The van der Waals surface area contributed by atoms with Crippen molar-refractivity contribution in [2.24, 2.45) is 0 Å². The van der Waals surface area contributed by atoms with Crippen LogP contribution in [0.3, 0.4) is 0 Å². The molecule has 0 saturated heterocycles. The maximum absolute atomic E-state index is 13.0. The number of carbonyl (C=O) groups is 1. The molecular weight excluding hydrogens is 219 g/mol. The van der Waals surface area contributed by atoms with Gasteiger partial charge in [0.25, 0.3) is 0 Å². The highest BCUT2D eigenvalue weighted by Crippen LogP contribution is 2.22. The molecule has 1 aromatic carbocycles. The fourth-order valence-electron chi connectivity index (χ4n) is 0.927. The summed E-state index contributed by atoms with van der Waals surface area (Å²) in [4.78, 5) is 10.7. The van der Waals surface area contributed by atoms with Crippen LogP contribution < -0.4 is 0 Å². The maximum atomic E-state index is 13.0. The van der Waals surface area contributed by atoms with Gasteiger partial charge in [0.1, 0.15) is 5.82 Å². The average Bonchev–Trinajstić information content (AvgIpc) is 2.24. The number of ether oxygens (including phenoxy) is 1. The van der Waals surface area contributed by atoms with Crippen molar-refractivity contribution < 1.29 is 13.9 Å². The number of carbonyl (C=O) groups excluding carboxylic acids is 1. The van der Waals surface area contributed by atoms with E-state index < -0.39 is 11.8 Å². The van der Waals surface area contributed by atoms with Crippen molar-refractivity contribution in [3.63, 3.8) is 0 Å². The average molecular weight is 227 g/mol. The second-order valence-corrected chi connectivity index (χ2v) is 3.15. The van der Waals surface area contributed by atoms with Crippen molar-refractivity contribution in [3.8, 4) is 11.8 Å². The van der Waals surface area contributed by atoms with Gasteiger partial charge in [-0.05, 0) is 19.1 Å². The monoisotopic (exact) mass is 226 g/mol. The quantitative estimate of drug-likeness (QED) is 0.501. The first-order valence-electron chi connectivity index (χ1n) is 4.11. The molecule has 0 atom stereocenters. The van der Waals surface area contributed by atoms with Gasteiger partial charge in [-0.25, -0.2) is 9.18 Å². The summed E-state index contributed by atoms with van der Waals surface area (Å²) in [6.45, 7) is 1.54. The number of hydrogen-bond acceptors (Lipinski definition) is 2. The zero-order valence-electron chi connectivity index (χ0n) is 8.23. The summed E-state index contributed by atoms with van der Waals surface area (Å²) in [5.41, 5.74) is 0.717. The van der Waals surface area contributed by atoms with E-state index in [1.165, 1.54) is 19.2 Å². The predicted octanol–water partition coefficient (Wildman–Crippen LogP) is 2.31. The first-order valence-corrected chi connectivity index (χ1v) is 4.48. The van der Waals surface area contributed by atoms with Crippen LogP contribution in [0.15, 0.2) is 12.1 Å². The Morgan fingerprint density at radius 3 is 2.80 bits per heavy atom. The van der Waals surface area contributed by atoms with Gasteiger partial charge in [-0.2, -0.15) is 0 Å². The Hall–Kier alpha value is -1.53. The summed E-state index contributed by atoms with van der Waals surface area (Å²) in [5, 5.41) is 0.214. The lowest BCUT2D eigenvalue weighted by Gasteiger charge is -2.01. The highest BCUT2D eigenvalue weighted by atomic mass is 35.5. The highest BCUT2D eigenvalue weighted by Gasteiger charge is 2.05. The molecule has 0 aromatic heterocycles. The molecule has 15 heavy (non-hydrogen) atoms. The van der Waals surface area contributed by atoms with Crippen molar-refractivity contribution >= 4 is 17.6 Å². The Balaban J connectivity index is 3.10. The zero-order chi connectivity index (χ0) is 11.4. The molecule has 0 bridgehead atoms. The normalized spacial score (nSPS) is 9.07. The molecule has 1 aromatic rings. The van der Waals surface area contributed by atoms with Gasteiger partial charge < -0.3 is 4.74 Å². The molecule has 0 unspecified atom stereocenters. The Kier molecular flexibility index (Phi) is 3.70. The summed E-state index contributed by atoms with van der Waals surface area (Å²) >= 11 is 5.83. The van der Waals surface area contributed by atoms with Crippen LogP contribution >= 0.6 is 11.6 Å². The molecule has 0 fully saturated rings. The molecule has 1 rings (SSSR count). The predicted molar refractivity (Wildman–Crippen MR) is 55.0 cm³/mol. The number of rotatable bonds is 0. The minimum Gasteiger partial charge on any atom is -0.459 e. The lowest BCUT2D eigenvalue weighted by atomic mass is 10.1. The Morgan fingerprint density at radius 1 is 1.53 bits per heavy atom. The van der Waals surface area contributed by atoms with Crippen molar-refractivity contribution in [1.82, 2.24) is 0 Å². The van der Waals surface area contributed by atoms with Crippen molar-refractivity contribution in [2.75, 3.05) is 7.11 Å². The fraction of sp³-hybridized carbons (Fsp3) is 0.182. The van der Waals surface area contributed by atoms with Crippen LogP contribution in [0.1, 0.15) is 11.1 Å². The van der Waals surface area contributed by atoms with Gasteiger partial charge in [-0.1, -0.05) is 17.5 Å². The number of hydrogen-bond donors (Lipinski definition) is 0. The molecule has 0 aliphatic heterocycles. The third-order valence-electron chi connectivity index (χ3n) is 1.80. The number of halogens is 2. The van der Waals surface area contributed by atoms with Crippen LogP contribution in [-0.4, -0.2) is 13.1 Å². The summed E-state index contributed by atoms with van der Waals surface area (Å²) in [6, 6.07) is 2.67. The van der Waals surface area contributed by atoms with E-state index in [1.54, 1.807) is 6.92 Å². The fourth-order valence-corrected chi connectivity index (χ4v) is 1.13. The topological polar surface area (TPSA) is 26.3 Å². The third-order valence-corrected chi connectivity index (χ3v) is 2.29. The lowest BCUT2D eigenvalue weighted by Crippen LogP contribution is -1.95. The van der Waals surface area contributed by atoms with Gasteiger partial charge in [-0.15, -0.1) is 0 Å². The van der Waals surface area contributed by atoms with E-state index in [1.807, 2.05) is 0 Å². The standard InChI is InChI=1S/C11H8ClFO2/c1-7-9(13)5-3-8(11(7)12)4-6-10(14)15-2/h3,5H,1-2H3. The summed E-state index contributed by atoms with van der Waals surface area (Å²) in [7, 11) is 1.23. The van der Waals surface area contributed by atoms with Gasteiger partial charge in [0.15, 0.2) is 0 Å². The van der Waals surface area contributed by atoms with E-state index in [2.05, 4.69) is 16.6 Å². The molecule has 0 spiro atoms.